The second-order valence-corrected chi connectivity index (χ2v) is 7.17. The van der Waals surface area contributed by atoms with Gasteiger partial charge in [0.2, 0.25) is 0 Å². The van der Waals surface area contributed by atoms with Crippen LogP contribution in [0.15, 0.2) is 42.5 Å². The summed E-state index contributed by atoms with van der Waals surface area (Å²) in [5, 5.41) is 3.06. The van der Waals surface area contributed by atoms with Crippen molar-refractivity contribution in [3.63, 3.8) is 0 Å². The van der Waals surface area contributed by atoms with Gasteiger partial charge in [-0.2, -0.15) is 0 Å². The Balaban J connectivity index is 1.48. The third-order valence-corrected chi connectivity index (χ3v) is 5.22. The van der Waals surface area contributed by atoms with Crippen molar-refractivity contribution in [1.29, 1.82) is 0 Å². The number of hydrogen-bond donors (Lipinski definition) is 2. The van der Waals surface area contributed by atoms with Crippen LogP contribution in [-0.2, 0) is 17.9 Å². The van der Waals surface area contributed by atoms with Crippen LogP contribution in [0.4, 0.5) is 0 Å². The molecular weight excluding hydrogens is 364 g/mol. The molecule has 2 aromatic rings. The van der Waals surface area contributed by atoms with Crippen LogP contribution in [0.2, 0.25) is 5.02 Å². The Bertz CT molecular complexity index is 720. The first-order valence-electron chi connectivity index (χ1n) is 9.52. The molecule has 0 radical (unpaired) electrons. The van der Waals surface area contributed by atoms with Gasteiger partial charge < -0.3 is 24.4 Å². The maximum absolute atomic E-state index is 6.19. The van der Waals surface area contributed by atoms with E-state index in [1.54, 1.807) is 12.0 Å². The van der Waals surface area contributed by atoms with Gasteiger partial charge in [0.15, 0.2) is 11.5 Å². The lowest BCUT2D eigenvalue weighted by atomic mass is 10.2. The number of hydrogen-bond acceptors (Lipinski definition) is 3. The van der Waals surface area contributed by atoms with E-state index >= 15 is 0 Å². The lowest BCUT2D eigenvalue weighted by Crippen LogP contribution is -3.16. The van der Waals surface area contributed by atoms with Crippen LogP contribution in [0.3, 0.4) is 0 Å². The van der Waals surface area contributed by atoms with Crippen LogP contribution in [-0.4, -0.2) is 46.5 Å². The third kappa shape index (κ3) is 6.11. The average Bonchev–Trinajstić information content (AvgIpc) is 2.72. The molecule has 0 aromatic heterocycles. The number of quaternary nitrogens is 2. The predicted molar refractivity (Wildman–Crippen MR) is 106 cm³/mol. The number of rotatable bonds is 9. The third-order valence-electron chi connectivity index (χ3n) is 4.85. The summed E-state index contributed by atoms with van der Waals surface area (Å²) in [4.78, 5) is 1.64. The van der Waals surface area contributed by atoms with Crippen molar-refractivity contribution in [2.75, 3.05) is 46.5 Å². The minimum atomic E-state index is 0.420. The maximum Gasteiger partial charge on any atom is 0.161 e. The summed E-state index contributed by atoms with van der Waals surface area (Å²) in [6.45, 7) is 7.68. The molecular formula is C21H29ClN2O3+2. The second kappa shape index (κ2) is 10.5. The Kier molecular flexibility index (Phi) is 7.78. The summed E-state index contributed by atoms with van der Waals surface area (Å²) in [6.07, 6.45) is 0. The molecule has 0 amide bonds. The predicted octanol–water partition coefficient (Wildman–Crippen LogP) is 0.906. The minimum absolute atomic E-state index is 0.420. The van der Waals surface area contributed by atoms with Crippen molar-refractivity contribution in [2.24, 2.45) is 0 Å². The van der Waals surface area contributed by atoms with Gasteiger partial charge in [0.05, 0.1) is 20.3 Å². The number of methoxy groups -OCH3 is 1. The molecule has 2 aromatic carbocycles. The Morgan fingerprint density at radius 3 is 2.70 bits per heavy atom. The first-order valence-corrected chi connectivity index (χ1v) is 9.90. The normalized spacial score (nSPS) is 14.9. The van der Waals surface area contributed by atoms with Crippen molar-refractivity contribution in [3.8, 4) is 11.5 Å². The highest BCUT2D eigenvalue weighted by Gasteiger charge is 2.14. The van der Waals surface area contributed by atoms with Crippen molar-refractivity contribution in [1.82, 2.24) is 0 Å². The first-order chi connectivity index (χ1) is 13.3. The van der Waals surface area contributed by atoms with Crippen molar-refractivity contribution in [2.45, 2.75) is 13.2 Å². The molecule has 5 nitrogen and oxygen atoms in total. The number of halogens is 1. The molecule has 0 unspecified atom stereocenters. The molecule has 0 saturated carbocycles. The van der Waals surface area contributed by atoms with Gasteiger partial charge in [0.25, 0.3) is 0 Å². The maximum atomic E-state index is 6.19. The summed E-state index contributed by atoms with van der Waals surface area (Å²) in [5.74, 6) is 1.49. The fraction of sp³-hybridized carbons (Fsp3) is 0.429. The summed E-state index contributed by atoms with van der Waals surface area (Å²) >= 11 is 6.19. The highest BCUT2D eigenvalue weighted by atomic mass is 35.5. The highest BCUT2D eigenvalue weighted by molar-refractivity contribution is 6.31. The molecule has 0 bridgehead atoms. The van der Waals surface area contributed by atoms with Gasteiger partial charge in [-0.15, -0.1) is 0 Å². The van der Waals surface area contributed by atoms with E-state index in [-0.39, 0.29) is 0 Å². The number of benzene rings is 2. The van der Waals surface area contributed by atoms with Gasteiger partial charge in [-0.1, -0.05) is 29.8 Å². The highest BCUT2D eigenvalue weighted by Crippen LogP contribution is 2.29. The Hall–Kier alpha value is -1.79. The Labute approximate surface area is 166 Å². The molecule has 1 aliphatic rings. The number of nitrogens with one attached hydrogen (secondary N) is 1. The van der Waals surface area contributed by atoms with Crippen LogP contribution in [0.25, 0.3) is 0 Å². The van der Waals surface area contributed by atoms with E-state index in [4.69, 9.17) is 25.8 Å². The Morgan fingerprint density at radius 2 is 1.93 bits per heavy atom. The lowest BCUT2D eigenvalue weighted by molar-refractivity contribution is -0.920. The smallest absolute Gasteiger partial charge is 0.161 e. The van der Waals surface area contributed by atoms with Crippen LogP contribution >= 0.6 is 11.6 Å². The van der Waals surface area contributed by atoms with E-state index in [1.165, 1.54) is 12.1 Å². The molecule has 27 heavy (non-hydrogen) atoms. The minimum Gasteiger partial charge on any atom is -0.493 e. The zero-order valence-electron chi connectivity index (χ0n) is 15.9. The molecule has 1 fully saturated rings. The molecule has 1 saturated heterocycles. The van der Waals surface area contributed by atoms with E-state index in [2.05, 4.69) is 17.4 Å². The van der Waals surface area contributed by atoms with Gasteiger partial charge in [0.1, 0.15) is 39.3 Å². The molecule has 0 atom stereocenters. The van der Waals surface area contributed by atoms with Gasteiger partial charge in [0, 0.05) is 16.1 Å². The molecule has 146 valence electrons. The summed E-state index contributed by atoms with van der Waals surface area (Å²) < 4.78 is 16.8. The molecule has 6 heteroatoms. The first kappa shape index (κ1) is 20.0. The van der Waals surface area contributed by atoms with Gasteiger partial charge in [-0.05, 0) is 24.3 Å². The van der Waals surface area contributed by atoms with E-state index in [0.29, 0.717) is 11.6 Å². The van der Waals surface area contributed by atoms with Gasteiger partial charge in [-0.3, -0.25) is 0 Å². The average molecular weight is 393 g/mol. The Morgan fingerprint density at radius 1 is 1.11 bits per heavy atom. The zero-order chi connectivity index (χ0) is 18.9. The SMILES string of the molecule is COc1cc(C[NH2+]CC[NH+]2CCOCC2)ccc1OCc1ccccc1Cl. The monoisotopic (exact) mass is 392 g/mol. The molecule has 0 aliphatic carbocycles. The standard InChI is InChI=1S/C21H27ClN2O3/c1-25-21-14-17(15-23-8-9-24-10-12-26-13-11-24)6-7-20(21)27-16-18-4-2-3-5-19(18)22/h2-7,14,23H,8-13,15-16H2,1H3/p+2. The molecule has 3 rings (SSSR count). The van der Waals surface area contributed by atoms with Crippen molar-refractivity contribution < 1.29 is 24.4 Å². The van der Waals surface area contributed by atoms with Crippen LogP contribution in [0.5, 0.6) is 11.5 Å². The molecule has 1 heterocycles. The lowest BCUT2D eigenvalue weighted by Gasteiger charge is -2.22. The largest absolute Gasteiger partial charge is 0.493 e. The van der Waals surface area contributed by atoms with E-state index in [9.17, 15) is 0 Å². The van der Waals surface area contributed by atoms with Gasteiger partial charge in [-0.25, -0.2) is 0 Å². The fourth-order valence-electron chi connectivity index (χ4n) is 3.21. The summed E-state index contributed by atoms with van der Waals surface area (Å²) in [6, 6.07) is 13.8. The topological polar surface area (TPSA) is 48.7 Å². The van der Waals surface area contributed by atoms with Crippen molar-refractivity contribution >= 4 is 11.6 Å². The van der Waals surface area contributed by atoms with Crippen LogP contribution < -0.4 is 19.7 Å². The second-order valence-electron chi connectivity index (χ2n) is 6.76. The summed E-state index contributed by atoms with van der Waals surface area (Å²) in [7, 11) is 1.67. The van der Waals surface area contributed by atoms with E-state index in [0.717, 1.165) is 56.5 Å². The van der Waals surface area contributed by atoms with Gasteiger partial charge >= 0.3 is 0 Å². The molecule has 3 N–H and O–H groups in total. The number of nitrogens with two attached hydrogens (primary N) is 1. The van der Waals surface area contributed by atoms with Crippen molar-refractivity contribution in [3.05, 3.63) is 58.6 Å². The quantitative estimate of drug-likeness (QED) is 0.623. The van der Waals surface area contributed by atoms with Crippen LogP contribution in [0, 0.1) is 0 Å². The fourth-order valence-corrected chi connectivity index (χ4v) is 3.40. The van der Waals surface area contributed by atoms with Crippen LogP contribution in [0.1, 0.15) is 11.1 Å². The molecule has 0 spiro atoms. The zero-order valence-corrected chi connectivity index (χ0v) is 16.6. The molecule has 1 aliphatic heterocycles. The number of ether oxygens (including phenoxy) is 3. The number of morpholine rings is 1. The summed E-state index contributed by atoms with van der Waals surface area (Å²) in [5.41, 5.74) is 2.19. The van der Waals surface area contributed by atoms with E-state index in [1.807, 2.05) is 30.3 Å². The van der Waals surface area contributed by atoms with E-state index < -0.39 is 0 Å².